The number of aliphatic carboxylic acids is 1. The van der Waals surface area contributed by atoms with Crippen molar-refractivity contribution in [2.24, 2.45) is 0 Å². The Kier molecular flexibility index (Phi) is 5.92. The molecule has 1 heterocycles. The third kappa shape index (κ3) is 5.14. The second-order valence-corrected chi connectivity index (χ2v) is 5.81. The van der Waals surface area contributed by atoms with Crippen LogP contribution in [0.2, 0.25) is 0 Å². The van der Waals surface area contributed by atoms with Crippen molar-refractivity contribution in [1.29, 1.82) is 0 Å². The fourth-order valence-electron chi connectivity index (χ4n) is 2.46. The number of aryl methyl sites for hydroxylation is 1. The van der Waals surface area contributed by atoms with Gasteiger partial charge in [0.2, 0.25) is 5.82 Å². The van der Waals surface area contributed by atoms with Crippen molar-refractivity contribution in [3.05, 3.63) is 60.2 Å². The van der Waals surface area contributed by atoms with Crippen LogP contribution in [-0.4, -0.2) is 37.9 Å². The lowest BCUT2D eigenvalue weighted by molar-refractivity contribution is -0.137. The van der Waals surface area contributed by atoms with E-state index in [0.717, 1.165) is 17.7 Å². The number of rotatable bonds is 9. The number of aromatic nitrogens is 4. The summed E-state index contributed by atoms with van der Waals surface area (Å²) in [5.74, 6) is 0.475. The molecule has 0 atom stereocenters. The minimum atomic E-state index is -0.826. The van der Waals surface area contributed by atoms with E-state index in [1.165, 1.54) is 10.4 Å². The summed E-state index contributed by atoms with van der Waals surface area (Å²) in [6.45, 7) is 1.04. The third-order valence-electron chi connectivity index (χ3n) is 3.82. The lowest BCUT2D eigenvalue weighted by atomic mass is 10.2. The van der Waals surface area contributed by atoms with Crippen LogP contribution in [0.15, 0.2) is 54.6 Å². The molecule has 0 unspecified atom stereocenters. The molecule has 2 aromatic carbocycles. The smallest absolute Gasteiger partial charge is 0.303 e. The van der Waals surface area contributed by atoms with Gasteiger partial charge < -0.3 is 9.84 Å². The molecule has 1 aromatic heterocycles. The SMILES string of the molecule is O=C(O)CCCn1nnc(-c2ccc(OCCc3ccccc3)cc2)n1. The Morgan fingerprint density at radius 1 is 1.08 bits per heavy atom. The molecule has 7 nitrogen and oxygen atoms in total. The Morgan fingerprint density at radius 3 is 2.58 bits per heavy atom. The van der Waals surface area contributed by atoms with Gasteiger partial charge in [-0.3, -0.25) is 4.79 Å². The molecule has 1 N–H and O–H groups in total. The van der Waals surface area contributed by atoms with Crippen LogP contribution in [0.3, 0.4) is 0 Å². The maximum absolute atomic E-state index is 10.5. The van der Waals surface area contributed by atoms with E-state index in [2.05, 4.69) is 27.5 Å². The van der Waals surface area contributed by atoms with E-state index in [4.69, 9.17) is 9.84 Å². The number of carboxylic acids is 1. The summed E-state index contributed by atoms with van der Waals surface area (Å²) in [7, 11) is 0. The van der Waals surface area contributed by atoms with Crippen LogP contribution in [0.1, 0.15) is 18.4 Å². The van der Waals surface area contributed by atoms with Crippen LogP contribution < -0.4 is 4.74 Å². The molecule has 0 fully saturated rings. The second kappa shape index (κ2) is 8.75. The highest BCUT2D eigenvalue weighted by Crippen LogP contribution is 2.19. The number of tetrazole rings is 1. The van der Waals surface area contributed by atoms with E-state index in [-0.39, 0.29) is 6.42 Å². The highest BCUT2D eigenvalue weighted by Gasteiger charge is 2.07. The van der Waals surface area contributed by atoms with Gasteiger partial charge in [0, 0.05) is 18.4 Å². The largest absolute Gasteiger partial charge is 0.493 e. The first-order valence-corrected chi connectivity index (χ1v) is 8.47. The van der Waals surface area contributed by atoms with Gasteiger partial charge in [0.05, 0.1) is 13.2 Å². The molecule has 3 rings (SSSR count). The molecule has 7 heteroatoms. The van der Waals surface area contributed by atoms with Crippen molar-refractivity contribution >= 4 is 5.97 Å². The predicted octanol–water partition coefficient (Wildman–Crippen LogP) is 2.83. The van der Waals surface area contributed by atoms with E-state index in [1.54, 1.807) is 0 Å². The summed E-state index contributed by atoms with van der Waals surface area (Å²) in [5.41, 5.74) is 2.08. The zero-order valence-electron chi connectivity index (χ0n) is 14.3. The first-order valence-electron chi connectivity index (χ1n) is 8.47. The molecule has 0 amide bonds. The average molecular weight is 352 g/mol. The highest BCUT2D eigenvalue weighted by atomic mass is 16.5. The maximum atomic E-state index is 10.5. The summed E-state index contributed by atoms with van der Waals surface area (Å²) in [4.78, 5) is 11.9. The van der Waals surface area contributed by atoms with Gasteiger partial charge >= 0.3 is 5.97 Å². The van der Waals surface area contributed by atoms with Crippen LogP contribution in [0.5, 0.6) is 5.75 Å². The Labute approximate surface area is 151 Å². The summed E-state index contributed by atoms with van der Waals surface area (Å²) in [6, 6.07) is 17.7. The summed E-state index contributed by atoms with van der Waals surface area (Å²) >= 11 is 0. The zero-order chi connectivity index (χ0) is 18.2. The molecule has 0 aliphatic rings. The number of ether oxygens (including phenoxy) is 1. The first kappa shape index (κ1) is 17.6. The van der Waals surface area contributed by atoms with Crippen molar-refractivity contribution < 1.29 is 14.6 Å². The van der Waals surface area contributed by atoms with E-state index in [0.29, 0.717) is 25.4 Å². The molecule has 3 aromatic rings. The van der Waals surface area contributed by atoms with Gasteiger partial charge in [-0.1, -0.05) is 30.3 Å². The molecule has 0 aliphatic heterocycles. The van der Waals surface area contributed by atoms with Gasteiger partial charge in [-0.25, -0.2) is 0 Å². The van der Waals surface area contributed by atoms with Crippen LogP contribution >= 0.6 is 0 Å². The predicted molar refractivity (Wildman–Crippen MR) is 95.8 cm³/mol. The van der Waals surface area contributed by atoms with Gasteiger partial charge in [-0.2, -0.15) is 4.80 Å². The molecule has 0 bridgehead atoms. The van der Waals surface area contributed by atoms with Crippen molar-refractivity contribution in [2.75, 3.05) is 6.61 Å². The van der Waals surface area contributed by atoms with Crippen LogP contribution in [0.4, 0.5) is 0 Å². The molecule has 0 spiro atoms. The number of benzene rings is 2. The minimum Gasteiger partial charge on any atom is -0.493 e. The Bertz CT molecular complexity index is 832. The van der Waals surface area contributed by atoms with Gasteiger partial charge in [-0.15, -0.1) is 10.2 Å². The Balaban J connectivity index is 1.51. The average Bonchev–Trinajstić information content (AvgIpc) is 3.12. The molecule has 0 saturated heterocycles. The highest BCUT2D eigenvalue weighted by molar-refractivity contribution is 5.66. The van der Waals surface area contributed by atoms with Gasteiger partial charge in [-0.05, 0) is 41.5 Å². The van der Waals surface area contributed by atoms with Crippen molar-refractivity contribution in [3.63, 3.8) is 0 Å². The summed E-state index contributed by atoms with van der Waals surface area (Å²) in [5, 5.41) is 20.9. The van der Waals surface area contributed by atoms with E-state index >= 15 is 0 Å². The standard InChI is InChI=1S/C19H20N4O3/c24-18(25)7-4-13-23-21-19(20-22-23)16-8-10-17(11-9-16)26-14-12-15-5-2-1-3-6-15/h1-3,5-6,8-11H,4,7,12-14H2,(H,24,25). The monoisotopic (exact) mass is 352 g/mol. The second-order valence-electron chi connectivity index (χ2n) is 5.81. The molecule has 134 valence electrons. The van der Waals surface area contributed by atoms with Crippen molar-refractivity contribution in [3.8, 4) is 17.1 Å². The van der Waals surface area contributed by atoms with Gasteiger partial charge in [0.15, 0.2) is 0 Å². The van der Waals surface area contributed by atoms with E-state index in [9.17, 15) is 4.79 Å². The number of carbonyl (C=O) groups is 1. The molecule has 26 heavy (non-hydrogen) atoms. The maximum Gasteiger partial charge on any atom is 0.303 e. The molecule has 0 radical (unpaired) electrons. The summed E-state index contributed by atoms with van der Waals surface area (Å²) < 4.78 is 5.76. The van der Waals surface area contributed by atoms with E-state index < -0.39 is 5.97 Å². The Hall–Kier alpha value is -3.22. The normalized spacial score (nSPS) is 10.6. The molecular weight excluding hydrogens is 332 g/mol. The first-order chi connectivity index (χ1) is 12.7. The van der Waals surface area contributed by atoms with Gasteiger partial charge in [0.25, 0.3) is 0 Å². The van der Waals surface area contributed by atoms with E-state index in [1.807, 2.05) is 42.5 Å². The lowest BCUT2D eigenvalue weighted by Gasteiger charge is -2.06. The quantitative estimate of drug-likeness (QED) is 0.637. The van der Waals surface area contributed by atoms with Crippen LogP contribution in [0.25, 0.3) is 11.4 Å². The summed E-state index contributed by atoms with van der Waals surface area (Å²) in [6.07, 6.45) is 1.42. The number of hydrogen-bond donors (Lipinski definition) is 1. The third-order valence-corrected chi connectivity index (χ3v) is 3.82. The Morgan fingerprint density at radius 2 is 1.85 bits per heavy atom. The fourth-order valence-corrected chi connectivity index (χ4v) is 2.46. The lowest BCUT2D eigenvalue weighted by Crippen LogP contribution is -2.05. The van der Waals surface area contributed by atoms with Crippen molar-refractivity contribution in [2.45, 2.75) is 25.8 Å². The fraction of sp³-hybridized carbons (Fsp3) is 0.263. The molecule has 0 saturated carbocycles. The zero-order valence-corrected chi connectivity index (χ0v) is 14.3. The van der Waals surface area contributed by atoms with Gasteiger partial charge in [0.1, 0.15) is 5.75 Å². The minimum absolute atomic E-state index is 0.0892. The molecular formula is C19H20N4O3. The van der Waals surface area contributed by atoms with Crippen LogP contribution in [0, 0.1) is 0 Å². The number of carboxylic acid groups (broad SMARTS) is 1. The number of hydrogen-bond acceptors (Lipinski definition) is 5. The van der Waals surface area contributed by atoms with Crippen LogP contribution in [-0.2, 0) is 17.8 Å². The topological polar surface area (TPSA) is 90.1 Å². The molecule has 0 aliphatic carbocycles. The van der Waals surface area contributed by atoms with Crippen molar-refractivity contribution in [1.82, 2.24) is 20.2 Å². The number of nitrogens with zero attached hydrogens (tertiary/aromatic N) is 4.